The van der Waals surface area contributed by atoms with Gasteiger partial charge in [0.15, 0.2) is 5.16 Å². The van der Waals surface area contributed by atoms with Crippen LogP contribution in [0.1, 0.15) is 5.56 Å². The fraction of sp³-hybridized carbons (Fsp3) is 0.200. The van der Waals surface area contributed by atoms with Crippen molar-refractivity contribution in [1.82, 2.24) is 19.1 Å². The van der Waals surface area contributed by atoms with E-state index in [4.69, 9.17) is 0 Å². The van der Waals surface area contributed by atoms with Crippen LogP contribution in [-0.2, 0) is 14.1 Å². The number of fused-ring (bicyclic) bond motifs is 1. The maximum absolute atomic E-state index is 12.1. The zero-order valence-corrected chi connectivity index (χ0v) is 14.7. The summed E-state index contributed by atoms with van der Waals surface area (Å²) < 4.78 is 2.62. The number of nitrogens with zero attached hydrogens (tertiary/aromatic N) is 5. The molecule has 0 fully saturated rings. The van der Waals surface area contributed by atoms with Crippen LogP contribution in [0, 0.1) is 21.4 Å². The Morgan fingerprint density at radius 2 is 1.88 bits per heavy atom. The summed E-state index contributed by atoms with van der Waals surface area (Å²) in [6.45, 7) is 0. The van der Waals surface area contributed by atoms with Crippen molar-refractivity contribution < 1.29 is 4.92 Å². The highest BCUT2D eigenvalue weighted by atomic mass is 32.2. The number of hydrogen-bond acceptors (Lipinski definition) is 7. The minimum atomic E-state index is -0.682. The van der Waals surface area contributed by atoms with Gasteiger partial charge in [0.1, 0.15) is 17.3 Å². The lowest BCUT2D eigenvalue weighted by atomic mass is 10.0. The van der Waals surface area contributed by atoms with Crippen molar-refractivity contribution in [2.24, 2.45) is 14.1 Å². The number of nitriles is 1. The largest absolute Gasteiger partial charge is 0.328 e. The first-order valence-electron chi connectivity index (χ1n) is 7.22. The number of rotatable bonds is 3. The van der Waals surface area contributed by atoms with Crippen LogP contribution in [-0.4, -0.2) is 30.3 Å². The summed E-state index contributed by atoms with van der Waals surface area (Å²) in [6.07, 6.45) is 1.67. The summed E-state index contributed by atoms with van der Waals surface area (Å²) in [5, 5.41) is 21.1. The number of thioether (sulfide) groups is 1. The highest BCUT2D eigenvalue weighted by Gasteiger charge is 2.25. The van der Waals surface area contributed by atoms with Crippen molar-refractivity contribution in [2.75, 3.05) is 6.26 Å². The molecule has 3 aromatic rings. The van der Waals surface area contributed by atoms with Crippen molar-refractivity contribution in [3.05, 3.63) is 48.6 Å². The predicted octanol–water partition coefficient (Wildman–Crippen LogP) is 1.13. The molecule has 0 aliphatic rings. The van der Waals surface area contributed by atoms with Crippen molar-refractivity contribution >= 4 is 28.5 Å². The smallest absolute Gasteiger partial charge is 0.300 e. The van der Waals surface area contributed by atoms with Crippen LogP contribution in [0.4, 0.5) is 5.69 Å². The molecule has 26 heavy (non-hydrogen) atoms. The lowest BCUT2D eigenvalue weighted by Gasteiger charge is -2.07. The number of nitro groups is 1. The monoisotopic (exact) mass is 372 g/mol. The van der Waals surface area contributed by atoms with Crippen LogP contribution < -0.4 is 11.2 Å². The molecule has 0 unspecified atom stereocenters. The van der Waals surface area contributed by atoms with Crippen molar-refractivity contribution in [3.8, 4) is 17.3 Å². The SMILES string of the molecule is CSc1nc(-c2cc3c(cc2[N+](=O)[O-])n(C)c(=O)n3C)c(C#N)c(=O)[nH]1. The second-order valence-electron chi connectivity index (χ2n) is 5.43. The van der Waals surface area contributed by atoms with E-state index in [9.17, 15) is 25.0 Å². The molecule has 0 saturated carbocycles. The Bertz CT molecular complexity index is 1230. The Morgan fingerprint density at radius 1 is 1.27 bits per heavy atom. The topological polar surface area (TPSA) is 140 Å². The van der Waals surface area contributed by atoms with Gasteiger partial charge in [-0.2, -0.15) is 5.26 Å². The molecule has 132 valence electrons. The molecule has 1 N–H and O–H groups in total. The maximum Gasteiger partial charge on any atom is 0.328 e. The summed E-state index contributed by atoms with van der Waals surface area (Å²) in [6, 6.07) is 4.40. The van der Waals surface area contributed by atoms with Gasteiger partial charge in [-0.3, -0.25) is 24.0 Å². The summed E-state index contributed by atoms with van der Waals surface area (Å²) in [5.74, 6) is 0. The van der Waals surface area contributed by atoms with Crippen LogP contribution in [0.2, 0.25) is 0 Å². The Labute approximate surface area is 149 Å². The molecule has 2 aromatic heterocycles. The fourth-order valence-corrected chi connectivity index (χ4v) is 3.10. The number of aromatic amines is 1. The van der Waals surface area contributed by atoms with Crippen molar-refractivity contribution in [2.45, 2.75) is 5.16 Å². The Balaban J connectivity index is 2.52. The number of H-pyrrole nitrogens is 1. The maximum atomic E-state index is 12.1. The van der Waals surface area contributed by atoms with Gasteiger partial charge < -0.3 is 4.98 Å². The highest BCUT2D eigenvalue weighted by molar-refractivity contribution is 7.98. The van der Waals surface area contributed by atoms with E-state index >= 15 is 0 Å². The highest BCUT2D eigenvalue weighted by Crippen LogP contribution is 2.34. The lowest BCUT2D eigenvalue weighted by molar-refractivity contribution is -0.384. The molecule has 0 atom stereocenters. The number of imidazole rings is 1. The summed E-state index contributed by atoms with van der Waals surface area (Å²) in [5.41, 5.74) is -1.01. The average molecular weight is 372 g/mol. The van der Waals surface area contributed by atoms with Gasteiger partial charge in [-0.15, -0.1) is 0 Å². The molecule has 10 nitrogen and oxygen atoms in total. The number of aryl methyl sites for hydroxylation is 2. The van der Waals surface area contributed by atoms with Gasteiger partial charge in [0.2, 0.25) is 0 Å². The summed E-state index contributed by atoms with van der Waals surface area (Å²) >= 11 is 1.13. The zero-order chi connectivity index (χ0) is 19.2. The van der Waals surface area contributed by atoms with E-state index in [1.54, 1.807) is 12.3 Å². The number of nitro benzene ring substituents is 1. The van der Waals surface area contributed by atoms with Crippen molar-refractivity contribution in [3.63, 3.8) is 0 Å². The first kappa shape index (κ1) is 17.4. The Kier molecular flexibility index (Phi) is 4.13. The van der Waals surface area contributed by atoms with E-state index in [2.05, 4.69) is 9.97 Å². The molecule has 0 bridgehead atoms. The van der Waals surface area contributed by atoms with Gasteiger partial charge in [-0.1, -0.05) is 11.8 Å². The molecular formula is C15H12N6O4S. The number of hydrogen-bond donors (Lipinski definition) is 1. The van der Waals surface area contributed by atoms with Crippen LogP contribution >= 0.6 is 11.8 Å². The van der Waals surface area contributed by atoms with Crippen LogP contribution in [0.15, 0.2) is 26.9 Å². The van der Waals surface area contributed by atoms with E-state index in [0.29, 0.717) is 11.0 Å². The molecule has 0 aliphatic carbocycles. The quantitative estimate of drug-likeness (QED) is 0.314. The number of benzene rings is 1. The molecule has 11 heteroatoms. The summed E-state index contributed by atoms with van der Waals surface area (Å²) in [7, 11) is 3.04. The predicted molar refractivity (Wildman–Crippen MR) is 95.2 cm³/mol. The first-order chi connectivity index (χ1) is 12.3. The second-order valence-corrected chi connectivity index (χ2v) is 6.22. The van der Waals surface area contributed by atoms with Crippen LogP contribution in [0.5, 0.6) is 0 Å². The lowest BCUT2D eigenvalue weighted by Crippen LogP contribution is -2.19. The molecule has 2 heterocycles. The van der Waals surface area contributed by atoms with Gasteiger partial charge in [0.25, 0.3) is 11.2 Å². The Hall–Kier alpha value is -3.39. The van der Waals surface area contributed by atoms with Gasteiger partial charge >= 0.3 is 5.69 Å². The van der Waals surface area contributed by atoms with Gasteiger partial charge in [0.05, 0.1) is 21.5 Å². The van der Waals surface area contributed by atoms with Gasteiger partial charge in [-0.25, -0.2) is 9.78 Å². The molecule has 0 aliphatic heterocycles. The second kappa shape index (κ2) is 6.16. The molecule has 0 radical (unpaired) electrons. The average Bonchev–Trinajstić information content (AvgIpc) is 2.83. The van der Waals surface area contributed by atoms with E-state index in [1.807, 2.05) is 0 Å². The van der Waals surface area contributed by atoms with Crippen LogP contribution in [0.25, 0.3) is 22.3 Å². The molecular weight excluding hydrogens is 360 g/mol. The molecule has 0 saturated heterocycles. The van der Waals surface area contributed by atoms with E-state index in [-0.39, 0.29) is 33.4 Å². The molecule has 1 aromatic carbocycles. The van der Waals surface area contributed by atoms with Crippen LogP contribution in [0.3, 0.4) is 0 Å². The molecule has 3 rings (SSSR count). The first-order valence-corrected chi connectivity index (χ1v) is 8.45. The minimum Gasteiger partial charge on any atom is -0.300 e. The van der Waals surface area contributed by atoms with E-state index in [0.717, 1.165) is 11.8 Å². The third-order valence-electron chi connectivity index (χ3n) is 4.04. The third kappa shape index (κ3) is 2.47. The van der Waals surface area contributed by atoms with Crippen molar-refractivity contribution in [1.29, 1.82) is 5.26 Å². The van der Waals surface area contributed by atoms with Gasteiger partial charge in [0, 0.05) is 20.2 Å². The molecule has 0 spiro atoms. The van der Waals surface area contributed by atoms with E-state index < -0.39 is 10.5 Å². The molecule has 0 amide bonds. The Morgan fingerprint density at radius 3 is 2.42 bits per heavy atom. The zero-order valence-electron chi connectivity index (χ0n) is 13.9. The van der Waals surface area contributed by atoms with Gasteiger partial charge in [-0.05, 0) is 12.3 Å². The fourth-order valence-electron chi connectivity index (χ4n) is 2.72. The van der Waals surface area contributed by atoms with E-state index in [1.165, 1.54) is 35.4 Å². The number of aromatic nitrogens is 4. The normalized spacial score (nSPS) is 10.8. The number of nitrogens with one attached hydrogen (secondary N) is 1. The minimum absolute atomic E-state index is 0.00153. The standard InChI is InChI=1S/C15H12N6O4S/c1-19-10-4-7(9(21(24)25)5-11(10)20(2)15(19)23)12-8(6-16)13(22)18-14(17-12)26-3/h4-5H,1-3H3,(H,17,18,22). The summed E-state index contributed by atoms with van der Waals surface area (Å²) in [4.78, 5) is 41.8. The third-order valence-corrected chi connectivity index (χ3v) is 4.62.